The predicted octanol–water partition coefficient (Wildman–Crippen LogP) is 1.46. The summed E-state index contributed by atoms with van der Waals surface area (Å²) in [4.78, 5) is 14.4. The SMILES string of the molecule is C[C@@H]1CN(C(=O)CCCOc2ccc(S(C)(=O)=O)cc2)C[C@H](C)N1. The highest BCUT2D eigenvalue weighted by Gasteiger charge is 2.24. The van der Waals surface area contributed by atoms with Gasteiger partial charge in [-0.15, -0.1) is 0 Å². The first-order valence-corrected chi connectivity index (χ1v) is 10.1. The minimum absolute atomic E-state index is 0.159. The van der Waals surface area contributed by atoms with E-state index in [-0.39, 0.29) is 10.8 Å². The van der Waals surface area contributed by atoms with Crippen LogP contribution in [-0.4, -0.2) is 57.3 Å². The van der Waals surface area contributed by atoms with Crippen molar-refractivity contribution in [3.8, 4) is 5.75 Å². The summed E-state index contributed by atoms with van der Waals surface area (Å²) in [6.07, 6.45) is 2.27. The number of carbonyl (C=O) groups is 1. The minimum Gasteiger partial charge on any atom is -0.494 e. The number of rotatable bonds is 6. The zero-order chi connectivity index (χ0) is 17.7. The number of hydrogen-bond acceptors (Lipinski definition) is 5. The van der Waals surface area contributed by atoms with Crippen molar-refractivity contribution in [2.75, 3.05) is 26.0 Å². The molecule has 0 unspecified atom stereocenters. The van der Waals surface area contributed by atoms with Crippen LogP contribution in [0, 0.1) is 0 Å². The van der Waals surface area contributed by atoms with Gasteiger partial charge in [0.15, 0.2) is 9.84 Å². The first-order valence-electron chi connectivity index (χ1n) is 8.22. The smallest absolute Gasteiger partial charge is 0.222 e. The van der Waals surface area contributed by atoms with Crippen LogP contribution in [-0.2, 0) is 14.6 Å². The highest BCUT2D eigenvalue weighted by atomic mass is 32.2. The molecule has 0 spiro atoms. The molecule has 2 rings (SSSR count). The van der Waals surface area contributed by atoms with Crippen LogP contribution in [0.2, 0.25) is 0 Å². The number of carbonyl (C=O) groups excluding carboxylic acids is 1. The Morgan fingerprint density at radius 2 is 1.79 bits per heavy atom. The number of hydrogen-bond donors (Lipinski definition) is 1. The van der Waals surface area contributed by atoms with E-state index < -0.39 is 9.84 Å². The quantitative estimate of drug-likeness (QED) is 0.783. The van der Waals surface area contributed by atoms with E-state index in [1.165, 1.54) is 18.4 Å². The Morgan fingerprint density at radius 3 is 2.33 bits per heavy atom. The summed E-state index contributed by atoms with van der Waals surface area (Å²) in [6.45, 7) is 6.09. The van der Waals surface area contributed by atoms with E-state index in [1.54, 1.807) is 12.1 Å². The molecule has 134 valence electrons. The van der Waals surface area contributed by atoms with Gasteiger partial charge in [-0.3, -0.25) is 4.79 Å². The second-order valence-electron chi connectivity index (χ2n) is 6.46. The molecule has 1 aromatic carbocycles. The molecular formula is C17H26N2O4S. The molecular weight excluding hydrogens is 328 g/mol. The lowest BCUT2D eigenvalue weighted by atomic mass is 10.1. The summed E-state index contributed by atoms with van der Waals surface area (Å²) in [5.74, 6) is 0.769. The van der Waals surface area contributed by atoms with E-state index in [0.717, 1.165) is 13.1 Å². The normalized spacial score (nSPS) is 21.5. The van der Waals surface area contributed by atoms with Gasteiger partial charge in [-0.2, -0.15) is 0 Å². The van der Waals surface area contributed by atoms with Gasteiger partial charge >= 0.3 is 0 Å². The van der Waals surface area contributed by atoms with E-state index >= 15 is 0 Å². The molecule has 0 saturated carbocycles. The van der Waals surface area contributed by atoms with Crippen LogP contribution >= 0.6 is 0 Å². The predicted molar refractivity (Wildman–Crippen MR) is 92.9 cm³/mol. The molecule has 1 aliphatic heterocycles. The van der Waals surface area contributed by atoms with Crippen molar-refractivity contribution in [1.29, 1.82) is 0 Å². The lowest BCUT2D eigenvalue weighted by Gasteiger charge is -2.36. The van der Waals surface area contributed by atoms with Crippen molar-refractivity contribution in [1.82, 2.24) is 10.2 Å². The summed E-state index contributed by atoms with van der Waals surface area (Å²) >= 11 is 0. The number of amides is 1. The molecule has 1 aromatic rings. The second kappa shape index (κ2) is 7.98. The van der Waals surface area contributed by atoms with Crippen LogP contribution in [0.1, 0.15) is 26.7 Å². The van der Waals surface area contributed by atoms with E-state index in [4.69, 9.17) is 4.74 Å². The maximum Gasteiger partial charge on any atom is 0.222 e. The molecule has 24 heavy (non-hydrogen) atoms. The van der Waals surface area contributed by atoms with E-state index in [9.17, 15) is 13.2 Å². The Kier molecular flexibility index (Phi) is 6.23. The van der Waals surface area contributed by atoms with Crippen molar-refractivity contribution in [2.45, 2.75) is 43.7 Å². The fraction of sp³-hybridized carbons (Fsp3) is 0.588. The molecule has 1 amide bonds. The molecule has 1 heterocycles. The summed E-state index contributed by atoms with van der Waals surface area (Å²) in [5, 5.41) is 3.41. The maximum atomic E-state index is 12.2. The molecule has 0 aromatic heterocycles. The molecule has 1 aliphatic rings. The largest absolute Gasteiger partial charge is 0.494 e. The van der Waals surface area contributed by atoms with Crippen molar-refractivity contribution >= 4 is 15.7 Å². The first kappa shape index (κ1) is 18.7. The molecule has 7 heteroatoms. The highest BCUT2D eigenvalue weighted by molar-refractivity contribution is 7.90. The Hall–Kier alpha value is -1.60. The Morgan fingerprint density at radius 1 is 1.21 bits per heavy atom. The number of nitrogens with zero attached hydrogens (tertiary/aromatic N) is 1. The van der Waals surface area contributed by atoms with Crippen LogP contribution in [0.3, 0.4) is 0 Å². The fourth-order valence-corrected chi connectivity index (χ4v) is 3.52. The van der Waals surface area contributed by atoms with Gasteiger partial charge in [-0.05, 0) is 44.5 Å². The third-order valence-corrected chi connectivity index (χ3v) is 5.09. The highest BCUT2D eigenvalue weighted by Crippen LogP contribution is 2.16. The minimum atomic E-state index is -3.19. The van der Waals surface area contributed by atoms with Gasteiger partial charge in [0.2, 0.25) is 5.91 Å². The molecule has 1 saturated heterocycles. The van der Waals surface area contributed by atoms with Crippen molar-refractivity contribution in [2.24, 2.45) is 0 Å². The molecule has 1 N–H and O–H groups in total. The van der Waals surface area contributed by atoms with Gasteiger partial charge < -0.3 is 15.0 Å². The van der Waals surface area contributed by atoms with Gasteiger partial charge in [0.1, 0.15) is 5.75 Å². The number of piperazine rings is 1. The summed E-state index contributed by atoms with van der Waals surface area (Å²) in [7, 11) is -3.19. The first-order chi connectivity index (χ1) is 11.3. The third kappa shape index (κ3) is 5.49. The molecule has 0 aliphatic carbocycles. The van der Waals surface area contributed by atoms with Gasteiger partial charge in [-0.25, -0.2) is 8.42 Å². The van der Waals surface area contributed by atoms with Crippen molar-refractivity contribution in [3.63, 3.8) is 0 Å². The van der Waals surface area contributed by atoms with Crippen LogP contribution in [0.4, 0.5) is 0 Å². The topological polar surface area (TPSA) is 75.7 Å². The lowest BCUT2D eigenvalue weighted by molar-refractivity contribution is -0.133. The van der Waals surface area contributed by atoms with Gasteiger partial charge in [-0.1, -0.05) is 0 Å². The monoisotopic (exact) mass is 354 g/mol. The number of ether oxygens (including phenoxy) is 1. The van der Waals surface area contributed by atoms with Crippen molar-refractivity contribution < 1.29 is 17.9 Å². The molecule has 0 radical (unpaired) electrons. The number of nitrogens with one attached hydrogen (secondary N) is 1. The van der Waals surface area contributed by atoms with Crippen LogP contribution < -0.4 is 10.1 Å². The lowest BCUT2D eigenvalue weighted by Crippen LogP contribution is -2.55. The average Bonchev–Trinajstić information content (AvgIpc) is 2.50. The molecule has 6 nitrogen and oxygen atoms in total. The number of sulfone groups is 1. The molecule has 2 atom stereocenters. The summed E-state index contributed by atoms with van der Waals surface area (Å²) in [5.41, 5.74) is 0. The third-order valence-electron chi connectivity index (χ3n) is 3.97. The number of benzene rings is 1. The maximum absolute atomic E-state index is 12.2. The zero-order valence-corrected chi connectivity index (χ0v) is 15.3. The van der Waals surface area contributed by atoms with Crippen LogP contribution in [0.5, 0.6) is 5.75 Å². The van der Waals surface area contributed by atoms with E-state index in [2.05, 4.69) is 19.2 Å². The summed E-state index contributed by atoms with van der Waals surface area (Å²) < 4.78 is 28.4. The fourth-order valence-electron chi connectivity index (χ4n) is 2.89. The van der Waals surface area contributed by atoms with E-state index in [1.807, 2.05) is 4.90 Å². The van der Waals surface area contributed by atoms with Gasteiger partial charge in [0, 0.05) is 37.8 Å². The average molecular weight is 354 g/mol. The van der Waals surface area contributed by atoms with Gasteiger partial charge in [0.05, 0.1) is 11.5 Å². The van der Waals surface area contributed by atoms with Crippen molar-refractivity contribution in [3.05, 3.63) is 24.3 Å². The van der Waals surface area contributed by atoms with Crippen LogP contribution in [0.25, 0.3) is 0 Å². The Labute approximate surface area is 144 Å². The zero-order valence-electron chi connectivity index (χ0n) is 14.5. The van der Waals surface area contributed by atoms with Gasteiger partial charge in [0.25, 0.3) is 0 Å². The summed E-state index contributed by atoms with van der Waals surface area (Å²) in [6, 6.07) is 6.97. The van der Waals surface area contributed by atoms with Crippen LogP contribution in [0.15, 0.2) is 29.2 Å². The van der Waals surface area contributed by atoms with E-state index in [0.29, 0.717) is 37.3 Å². The Balaban J connectivity index is 1.73. The molecule has 1 fully saturated rings. The second-order valence-corrected chi connectivity index (χ2v) is 8.48. The standard InChI is InChI=1S/C17H26N2O4S/c1-13-11-19(12-14(2)18-13)17(20)5-4-10-23-15-6-8-16(9-7-15)24(3,21)22/h6-9,13-14,18H,4-5,10-12H2,1-3H3/t13-,14+. The molecule has 0 bridgehead atoms. The Bertz CT molecular complexity index is 648.